The number of rotatable bonds is 2. The fourth-order valence-corrected chi connectivity index (χ4v) is 4.18. The molecule has 1 amide bonds. The molecule has 0 radical (unpaired) electrons. The van der Waals surface area contributed by atoms with E-state index in [0.29, 0.717) is 6.04 Å². The zero-order valence-corrected chi connectivity index (χ0v) is 8.91. The topological polar surface area (TPSA) is 55.1 Å². The summed E-state index contributed by atoms with van der Waals surface area (Å²) in [4.78, 5) is 11.8. The van der Waals surface area contributed by atoms with E-state index in [2.05, 4.69) is 5.32 Å². The molecule has 0 saturated heterocycles. The van der Waals surface area contributed by atoms with E-state index in [1.54, 1.807) is 0 Å². The van der Waals surface area contributed by atoms with Crippen molar-refractivity contribution in [1.29, 1.82) is 0 Å². The SMILES string of the molecule is NC1(C(=O)NC2C3C4CCC(C4)C23)CC1. The van der Waals surface area contributed by atoms with Crippen molar-refractivity contribution < 1.29 is 4.79 Å². The van der Waals surface area contributed by atoms with Crippen molar-refractivity contribution in [2.45, 2.75) is 43.7 Å². The van der Waals surface area contributed by atoms with Crippen LogP contribution < -0.4 is 11.1 Å². The highest BCUT2D eigenvalue weighted by Crippen LogP contribution is 2.65. The number of nitrogens with one attached hydrogen (secondary N) is 1. The monoisotopic (exact) mass is 206 g/mol. The molecule has 3 heteroatoms. The maximum Gasteiger partial charge on any atom is 0.240 e. The lowest BCUT2D eigenvalue weighted by atomic mass is 10.0. The normalized spacial score (nSPS) is 52.5. The van der Waals surface area contributed by atoms with Crippen LogP contribution in [0.2, 0.25) is 0 Å². The Balaban J connectivity index is 1.44. The smallest absolute Gasteiger partial charge is 0.240 e. The molecule has 3 N–H and O–H groups in total. The van der Waals surface area contributed by atoms with Gasteiger partial charge in [-0.2, -0.15) is 0 Å². The maximum absolute atomic E-state index is 11.8. The molecule has 4 aliphatic rings. The first-order chi connectivity index (χ1) is 7.19. The van der Waals surface area contributed by atoms with Crippen molar-refractivity contribution in [1.82, 2.24) is 5.32 Å². The number of hydrogen-bond acceptors (Lipinski definition) is 2. The highest BCUT2D eigenvalue weighted by molar-refractivity contribution is 5.89. The molecule has 4 fully saturated rings. The summed E-state index contributed by atoms with van der Waals surface area (Å²) in [6.07, 6.45) is 6.02. The van der Waals surface area contributed by atoms with Gasteiger partial charge in [-0.3, -0.25) is 4.79 Å². The number of carbonyl (C=O) groups is 1. The summed E-state index contributed by atoms with van der Waals surface area (Å²) >= 11 is 0. The fourth-order valence-electron chi connectivity index (χ4n) is 4.18. The molecule has 3 nitrogen and oxygen atoms in total. The number of fused-ring (bicyclic) bond motifs is 5. The minimum Gasteiger partial charge on any atom is -0.351 e. The van der Waals surface area contributed by atoms with Gasteiger partial charge in [-0.1, -0.05) is 0 Å². The second-order valence-electron chi connectivity index (χ2n) is 6.14. The first kappa shape index (κ1) is 8.57. The Kier molecular flexibility index (Phi) is 1.37. The average Bonchev–Trinajstić information content (AvgIpc) is 3.05. The molecule has 15 heavy (non-hydrogen) atoms. The van der Waals surface area contributed by atoms with Crippen LogP contribution in [0.3, 0.4) is 0 Å². The minimum atomic E-state index is -0.476. The molecule has 4 atom stereocenters. The second-order valence-corrected chi connectivity index (χ2v) is 6.14. The van der Waals surface area contributed by atoms with Gasteiger partial charge in [0, 0.05) is 6.04 Å². The van der Waals surface area contributed by atoms with Crippen LogP contribution in [0.5, 0.6) is 0 Å². The van der Waals surface area contributed by atoms with Crippen LogP contribution in [0.25, 0.3) is 0 Å². The molecule has 2 bridgehead atoms. The van der Waals surface area contributed by atoms with Gasteiger partial charge >= 0.3 is 0 Å². The standard InChI is InChI=1S/C12H18N2O/c13-12(3-4-12)11(15)14-10-8-6-1-2-7(5-6)9(8)10/h6-10H,1-5,13H2,(H,14,15). The van der Waals surface area contributed by atoms with Crippen molar-refractivity contribution in [2.24, 2.45) is 29.4 Å². The van der Waals surface area contributed by atoms with Crippen molar-refractivity contribution in [2.75, 3.05) is 0 Å². The van der Waals surface area contributed by atoms with Gasteiger partial charge in [0.1, 0.15) is 0 Å². The van der Waals surface area contributed by atoms with Gasteiger partial charge in [0.25, 0.3) is 0 Å². The average molecular weight is 206 g/mol. The largest absolute Gasteiger partial charge is 0.351 e. The summed E-state index contributed by atoms with van der Waals surface area (Å²) in [5.74, 6) is 3.64. The Bertz CT molecular complexity index is 321. The van der Waals surface area contributed by atoms with Crippen LogP contribution in [0.1, 0.15) is 32.1 Å². The lowest BCUT2D eigenvalue weighted by Gasteiger charge is -2.13. The number of hydrogen-bond donors (Lipinski definition) is 2. The lowest BCUT2D eigenvalue weighted by Crippen LogP contribution is -2.44. The van der Waals surface area contributed by atoms with Crippen molar-refractivity contribution in [3.8, 4) is 0 Å². The van der Waals surface area contributed by atoms with E-state index in [9.17, 15) is 4.79 Å². The molecule has 0 spiro atoms. The maximum atomic E-state index is 11.8. The third-order valence-corrected chi connectivity index (χ3v) is 5.27. The van der Waals surface area contributed by atoms with E-state index in [1.807, 2.05) is 0 Å². The van der Waals surface area contributed by atoms with Gasteiger partial charge in [-0.25, -0.2) is 0 Å². The van der Waals surface area contributed by atoms with Crippen LogP contribution in [0.15, 0.2) is 0 Å². The highest BCUT2D eigenvalue weighted by atomic mass is 16.2. The summed E-state index contributed by atoms with van der Waals surface area (Å²) in [5, 5.41) is 3.20. The van der Waals surface area contributed by atoms with Crippen LogP contribution in [0, 0.1) is 23.7 Å². The quantitative estimate of drug-likeness (QED) is 0.696. The first-order valence-electron chi connectivity index (χ1n) is 6.29. The van der Waals surface area contributed by atoms with Gasteiger partial charge in [-0.05, 0) is 55.8 Å². The van der Waals surface area contributed by atoms with E-state index in [-0.39, 0.29) is 5.91 Å². The summed E-state index contributed by atoms with van der Waals surface area (Å²) in [6, 6.07) is 0.504. The van der Waals surface area contributed by atoms with E-state index in [1.165, 1.54) is 19.3 Å². The molecule has 4 rings (SSSR count). The molecule has 4 unspecified atom stereocenters. The minimum absolute atomic E-state index is 0.126. The predicted molar refractivity (Wildman–Crippen MR) is 55.9 cm³/mol. The highest BCUT2D eigenvalue weighted by Gasteiger charge is 2.66. The Morgan fingerprint density at radius 3 is 2.33 bits per heavy atom. The van der Waals surface area contributed by atoms with Crippen LogP contribution in [-0.4, -0.2) is 17.5 Å². The molecule has 0 aliphatic heterocycles. The van der Waals surface area contributed by atoms with Crippen molar-refractivity contribution in [3.05, 3.63) is 0 Å². The predicted octanol–water partition coefficient (Wildman–Crippen LogP) is 0.638. The third kappa shape index (κ3) is 1.02. The zero-order chi connectivity index (χ0) is 10.2. The van der Waals surface area contributed by atoms with Crippen molar-refractivity contribution in [3.63, 3.8) is 0 Å². The second kappa shape index (κ2) is 2.40. The molecule has 4 aliphatic carbocycles. The lowest BCUT2D eigenvalue weighted by molar-refractivity contribution is -0.123. The summed E-state index contributed by atoms with van der Waals surface area (Å²) in [5.41, 5.74) is 5.41. The summed E-state index contributed by atoms with van der Waals surface area (Å²) < 4.78 is 0. The zero-order valence-electron chi connectivity index (χ0n) is 8.91. The van der Waals surface area contributed by atoms with Gasteiger partial charge in [0.2, 0.25) is 5.91 Å². The number of nitrogens with two attached hydrogens (primary N) is 1. The van der Waals surface area contributed by atoms with Crippen LogP contribution in [0.4, 0.5) is 0 Å². The fraction of sp³-hybridized carbons (Fsp3) is 0.917. The Labute approximate surface area is 89.8 Å². The molecular weight excluding hydrogens is 188 g/mol. The number of carbonyl (C=O) groups excluding carboxylic acids is 1. The Hall–Kier alpha value is -0.570. The van der Waals surface area contributed by atoms with Gasteiger partial charge in [-0.15, -0.1) is 0 Å². The van der Waals surface area contributed by atoms with Crippen molar-refractivity contribution >= 4 is 5.91 Å². The van der Waals surface area contributed by atoms with Crippen LogP contribution >= 0.6 is 0 Å². The number of amides is 1. The molecule has 0 aromatic carbocycles. The molecule has 4 saturated carbocycles. The van der Waals surface area contributed by atoms with E-state index >= 15 is 0 Å². The van der Waals surface area contributed by atoms with Gasteiger partial charge in [0.05, 0.1) is 5.54 Å². The molecule has 0 heterocycles. The molecular formula is C12H18N2O. The summed E-state index contributed by atoms with van der Waals surface area (Å²) in [7, 11) is 0. The molecule has 0 aromatic heterocycles. The Morgan fingerprint density at radius 2 is 1.80 bits per heavy atom. The third-order valence-electron chi connectivity index (χ3n) is 5.27. The Morgan fingerprint density at radius 1 is 1.20 bits per heavy atom. The van der Waals surface area contributed by atoms with E-state index < -0.39 is 5.54 Å². The molecule has 82 valence electrons. The van der Waals surface area contributed by atoms with Crippen LogP contribution in [-0.2, 0) is 4.79 Å². The molecule has 0 aromatic rings. The van der Waals surface area contributed by atoms with E-state index in [4.69, 9.17) is 5.73 Å². The first-order valence-corrected chi connectivity index (χ1v) is 6.29. The van der Waals surface area contributed by atoms with E-state index in [0.717, 1.165) is 36.5 Å². The van der Waals surface area contributed by atoms with Gasteiger partial charge < -0.3 is 11.1 Å². The van der Waals surface area contributed by atoms with Gasteiger partial charge in [0.15, 0.2) is 0 Å². The summed E-state index contributed by atoms with van der Waals surface area (Å²) in [6.45, 7) is 0.